The molecule has 2 aliphatic carbocycles. The fourth-order valence-corrected chi connectivity index (χ4v) is 4.95. The van der Waals surface area contributed by atoms with Gasteiger partial charge >= 0.3 is 0 Å². The zero-order chi connectivity index (χ0) is 14.0. The first-order valence-corrected chi connectivity index (χ1v) is 8.54. The highest BCUT2D eigenvalue weighted by Crippen LogP contribution is 2.54. The highest BCUT2D eigenvalue weighted by atomic mass is 15.2. The van der Waals surface area contributed by atoms with Crippen molar-refractivity contribution in [2.24, 2.45) is 23.5 Å². The summed E-state index contributed by atoms with van der Waals surface area (Å²) >= 11 is 0. The van der Waals surface area contributed by atoms with Crippen LogP contribution in [0.1, 0.15) is 66.2 Å². The Kier molecular flexibility index (Phi) is 4.94. The monoisotopic (exact) mass is 266 g/mol. The summed E-state index contributed by atoms with van der Waals surface area (Å²) in [6.45, 7) is 11.5. The Labute approximate surface area is 120 Å². The number of fused-ring (bicyclic) bond motifs is 2. The average molecular weight is 266 g/mol. The molecule has 0 aliphatic heterocycles. The van der Waals surface area contributed by atoms with Crippen LogP contribution < -0.4 is 5.73 Å². The van der Waals surface area contributed by atoms with E-state index in [4.69, 9.17) is 5.73 Å². The van der Waals surface area contributed by atoms with Crippen LogP contribution in [0.5, 0.6) is 0 Å². The molecule has 0 aromatic heterocycles. The molecule has 2 aliphatic rings. The standard InChI is InChI=1S/C17H34N2/c1-5-16(6-2)19(11-13(3)4)17(12-18)10-14-7-8-15(17)9-14/h13-16H,5-12,18H2,1-4H3. The fourth-order valence-electron chi connectivity index (χ4n) is 4.95. The molecule has 2 saturated carbocycles. The molecular formula is C17H34N2. The molecule has 3 atom stereocenters. The number of rotatable bonds is 7. The van der Waals surface area contributed by atoms with Gasteiger partial charge in [-0.25, -0.2) is 0 Å². The van der Waals surface area contributed by atoms with Crippen LogP contribution in [0.15, 0.2) is 0 Å². The Morgan fingerprint density at radius 1 is 1.21 bits per heavy atom. The maximum absolute atomic E-state index is 6.34. The predicted octanol–water partition coefficient (Wildman–Crippen LogP) is 3.65. The van der Waals surface area contributed by atoms with Gasteiger partial charge in [-0.2, -0.15) is 0 Å². The molecule has 0 amide bonds. The molecule has 2 rings (SSSR count). The summed E-state index contributed by atoms with van der Waals surface area (Å²) in [5.74, 6) is 2.59. The van der Waals surface area contributed by atoms with E-state index >= 15 is 0 Å². The first-order valence-electron chi connectivity index (χ1n) is 8.54. The van der Waals surface area contributed by atoms with E-state index in [0.29, 0.717) is 5.54 Å². The van der Waals surface area contributed by atoms with Crippen LogP contribution in [0.25, 0.3) is 0 Å². The molecule has 0 aromatic rings. The maximum Gasteiger partial charge on any atom is 0.0365 e. The number of hydrogen-bond donors (Lipinski definition) is 1. The van der Waals surface area contributed by atoms with Gasteiger partial charge in [0.1, 0.15) is 0 Å². The van der Waals surface area contributed by atoms with Gasteiger partial charge in [-0.05, 0) is 49.9 Å². The minimum absolute atomic E-state index is 0.337. The molecule has 3 unspecified atom stereocenters. The third-order valence-electron chi connectivity index (χ3n) is 5.81. The molecule has 0 saturated heterocycles. The van der Waals surface area contributed by atoms with Crippen molar-refractivity contribution < 1.29 is 0 Å². The zero-order valence-corrected chi connectivity index (χ0v) is 13.5. The lowest BCUT2D eigenvalue weighted by atomic mass is 9.77. The normalized spacial score (nSPS) is 34.1. The molecule has 19 heavy (non-hydrogen) atoms. The van der Waals surface area contributed by atoms with Gasteiger partial charge in [-0.1, -0.05) is 34.1 Å². The van der Waals surface area contributed by atoms with Crippen LogP contribution >= 0.6 is 0 Å². The number of hydrogen-bond acceptors (Lipinski definition) is 2. The van der Waals surface area contributed by atoms with Crippen molar-refractivity contribution in [3.63, 3.8) is 0 Å². The second-order valence-electron chi connectivity index (χ2n) is 7.40. The molecule has 0 heterocycles. The van der Waals surface area contributed by atoms with Gasteiger partial charge < -0.3 is 5.73 Å². The highest BCUT2D eigenvalue weighted by molar-refractivity contribution is 5.09. The fraction of sp³-hybridized carbons (Fsp3) is 1.00. The van der Waals surface area contributed by atoms with E-state index in [9.17, 15) is 0 Å². The Hall–Kier alpha value is -0.0800. The van der Waals surface area contributed by atoms with Crippen molar-refractivity contribution in [1.82, 2.24) is 4.90 Å². The van der Waals surface area contributed by atoms with E-state index in [-0.39, 0.29) is 0 Å². The van der Waals surface area contributed by atoms with Crippen molar-refractivity contribution >= 4 is 0 Å². The summed E-state index contributed by atoms with van der Waals surface area (Å²) < 4.78 is 0. The molecule has 0 spiro atoms. The Morgan fingerprint density at radius 3 is 2.26 bits per heavy atom. The molecule has 2 bridgehead atoms. The van der Waals surface area contributed by atoms with Gasteiger partial charge in [0.2, 0.25) is 0 Å². The third-order valence-corrected chi connectivity index (χ3v) is 5.81. The van der Waals surface area contributed by atoms with E-state index in [2.05, 4.69) is 32.6 Å². The highest BCUT2D eigenvalue weighted by Gasteiger charge is 2.54. The molecular weight excluding hydrogens is 232 g/mol. The Morgan fingerprint density at radius 2 is 1.89 bits per heavy atom. The van der Waals surface area contributed by atoms with Crippen molar-refractivity contribution in [3.05, 3.63) is 0 Å². The number of nitrogens with zero attached hydrogens (tertiary/aromatic N) is 1. The van der Waals surface area contributed by atoms with Crippen molar-refractivity contribution in [3.8, 4) is 0 Å². The van der Waals surface area contributed by atoms with Crippen LogP contribution in [-0.2, 0) is 0 Å². The van der Waals surface area contributed by atoms with E-state index in [1.807, 2.05) is 0 Å². The summed E-state index contributed by atoms with van der Waals surface area (Å²) in [6.07, 6.45) is 8.25. The lowest BCUT2D eigenvalue weighted by molar-refractivity contribution is -0.00688. The van der Waals surface area contributed by atoms with Crippen molar-refractivity contribution in [1.29, 1.82) is 0 Å². The average Bonchev–Trinajstić information content (AvgIpc) is 2.99. The van der Waals surface area contributed by atoms with Gasteiger partial charge in [0.05, 0.1) is 0 Å². The Bertz CT molecular complexity index is 285. The summed E-state index contributed by atoms with van der Waals surface area (Å²) in [5.41, 5.74) is 6.67. The molecule has 2 nitrogen and oxygen atoms in total. The first-order chi connectivity index (χ1) is 9.07. The van der Waals surface area contributed by atoms with Crippen LogP contribution in [0.2, 0.25) is 0 Å². The van der Waals surface area contributed by atoms with Crippen LogP contribution in [0.4, 0.5) is 0 Å². The van der Waals surface area contributed by atoms with E-state index in [0.717, 1.165) is 30.3 Å². The molecule has 0 aromatic carbocycles. The molecule has 2 heteroatoms. The second-order valence-corrected chi connectivity index (χ2v) is 7.40. The number of nitrogens with two attached hydrogens (primary N) is 1. The largest absolute Gasteiger partial charge is 0.329 e. The molecule has 2 fully saturated rings. The summed E-state index contributed by atoms with van der Waals surface area (Å²) in [5, 5.41) is 0. The van der Waals surface area contributed by atoms with Gasteiger partial charge in [0.25, 0.3) is 0 Å². The van der Waals surface area contributed by atoms with Crippen molar-refractivity contribution in [2.45, 2.75) is 77.8 Å². The summed E-state index contributed by atoms with van der Waals surface area (Å²) in [6, 6.07) is 0.727. The maximum atomic E-state index is 6.34. The van der Waals surface area contributed by atoms with Crippen LogP contribution in [0.3, 0.4) is 0 Å². The minimum atomic E-state index is 0.337. The molecule has 0 radical (unpaired) electrons. The van der Waals surface area contributed by atoms with Crippen LogP contribution in [-0.4, -0.2) is 29.6 Å². The molecule has 112 valence electrons. The first kappa shape index (κ1) is 15.3. The van der Waals surface area contributed by atoms with Gasteiger partial charge in [-0.15, -0.1) is 0 Å². The lowest BCUT2D eigenvalue weighted by Gasteiger charge is -2.51. The second kappa shape index (κ2) is 6.13. The lowest BCUT2D eigenvalue weighted by Crippen LogP contribution is -2.61. The topological polar surface area (TPSA) is 29.3 Å². The van der Waals surface area contributed by atoms with E-state index < -0.39 is 0 Å². The van der Waals surface area contributed by atoms with Crippen LogP contribution in [0, 0.1) is 17.8 Å². The summed E-state index contributed by atoms with van der Waals surface area (Å²) in [7, 11) is 0. The Balaban J connectivity index is 2.24. The van der Waals surface area contributed by atoms with E-state index in [1.54, 1.807) is 0 Å². The van der Waals surface area contributed by atoms with Gasteiger partial charge in [-0.3, -0.25) is 4.90 Å². The van der Waals surface area contributed by atoms with Gasteiger partial charge in [0, 0.05) is 24.7 Å². The smallest absolute Gasteiger partial charge is 0.0365 e. The quantitative estimate of drug-likeness (QED) is 0.762. The van der Waals surface area contributed by atoms with Gasteiger partial charge in [0.15, 0.2) is 0 Å². The van der Waals surface area contributed by atoms with E-state index in [1.165, 1.54) is 45.1 Å². The van der Waals surface area contributed by atoms with Crippen molar-refractivity contribution in [2.75, 3.05) is 13.1 Å². The summed E-state index contributed by atoms with van der Waals surface area (Å²) in [4.78, 5) is 2.85. The SMILES string of the molecule is CCC(CC)N(CC(C)C)C1(CN)CC2CCC1C2. The third kappa shape index (κ3) is 2.71. The molecule has 2 N–H and O–H groups in total. The zero-order valence-electron chi connectivity index (χ0n) is 13.5. The predicted molar refractivity (Wildman–Crippen MR) is 83.1 cm³/mol. The minimum Gasteiger partial charge on any atom is -0.329 e.